The number of nitrogens with one attached hydrogen (secondary N) is 1. The van der Waals surface area contributed by atoms with E-state index >= 15 is 0 Å². The summed E-state index contributed by atoms with van der Waals surface area (Å²) in [5, 5.41) is 2.80. The van der Waals surface area contributed by atoms with Gasteiger partial charge in [-0.15, -0.1) is 0 Å². The largest absolute Gasteiger partial charge is 0.355 e. The van der Waals surface area contributed by atoms with E-state index in [2.05, 4.69) is 5.32 Å². The van der Waals surface area contributed by atoms with Crippen LogP contribution in [-0.2, 0) is 32.6 Å². The number of hydrogen-bond acceptors (Lipinski definition) is 4. The fraction of sp³-hybridized carbons (Fsp3) is 0.259. The number of amides is 2. The van der Waals surface area contributed by atoms with Crippen molar-refractivity contribution in [2.45, 2.75) is 25.9 Å². The molecule has 11 heteroatoms. The molecule has 0 bridgehead atoms. The van der Waals surface area contributed by atoms with Crippen molar-refractivity contribution in [1.29, 1.82) is 0 Å². The number of carbonyl (C=O) groups is 2. The van der Waals surface area contributed by atoms with Gasteiger partial charge in [0.05, 0.1) is 22.0 Å². The summed E-state index contributed by atoms with van der Waals surface area (Å²) in [7, 11) is -4.01. The van der Waals surface area contributed by atoms with E-state index in [-0.39, 0.29) is 34.3 Å². The Bertz CT molecular complexity index is 1390. The summed E-state index contributed by atoms with van der Waals surface area (Å²) >= 11 is 12.4. The van der Waals surface area contributed by atoms with Crippen LogP contribution in [0.15, 0.2) is 72.8 Å². The lowest BCUT2D eigenvalue weighted by atomic mass is 10.0. The molecular weight excluding hydrogens is 552 g/mol. The molecule has 0 spiro atoms. The van der Waals surface area contributed by atoms with Gasteiger partial charge in [0.1, 0.15) is 18.4 Å². The normalized spacial score (nSPS) is 12.0. The van der Waals surface area contributed by atoms with Crippen LogP contribution in [0.4, 0.5) is 10.1 Å². The van der Waals surface area contributed by atoms with Crippen molar-refractivity contribution >= 4 is 50.7 Å². The lowest BCUT2D eigenvalue weighted by molar-refractivity contribution is -0.140. The van der Waals surface area contributed by atoms with E-state index in [0.29, 0.717) is 6.54 Å². The first-order chi connectivity index (χ1) is 18.0. The van der Waals surface area contributed by atoms with E-state index in [1.165, 1.54) is 41.3 Å². The summed E-state index contributed by atoms with van der Waals surface area (Å²) in [5.74, 6) is -1.73. The number of benzene rings is 3. The molecule has 0 saturated carbocycles. The zero-order valence-corrected chi connectivity index (χ0v) is 23.2. The minimum absolute atomic E-state index is 0.0125. The summed E-state index contributed by atoms with van der Waals surface area (Å²) in [6, 6.07) is 18.3. The van der Waals surface area contributed by atoms with Crippen molar-refractivity contribution < 1.29 is 22.4 Å². The van der Waals surface area contributed by atoms with Gasteiger partial charge in [0.15, 0.2) is 0 Å². The number of anilines is 1. The monoisotopic (exact) mass is 579 g/mol. The summed E-state index contributed by atoms with van der Waals surface area (Å²) in [5.41, 5.74) is 0.960. The molecule has 0 aliphatic heterocycles. The number of rotatable bonds is 11. The molecule has 0 heterocycles. The summed E-state index contributed by atoms with van der Waals surface area (Å²) in [6.45, 7) is 1.10. The van der Waals surface area contributed by atoms with E-state index in [9.17, 15) is 22.4 Å². The lowest BCUT2D eigenvalue weighted by Gasteiger charge is -2.33. The predicted molar refractivity (Wildman–Crippen MR) is 148 cm³/mol. The van der Waals surface area contributed by atoms with Crippen molar-refractivity contribution in [1.82, 2.24) is 10.2 Å². The van der Waals surface area contributed by atoms with Crippen LogP contribution in [-0.4, -0.2) is 50.5 Å². The summed E-state index contributed by atoms with van der Waals surface area (Å²) in [6.07, 6.45) is 1.06. The average molecular weight is 581 g/mol. The van der Waals surface area contributed by atoms with E-state index < -0.39 is 40.2 Å². The highest BCUT2D eigenvalue weighted by atomic mass is 35.5. The maximum atomic E-state index is 14.7. The topological polar surface area (TPSA) is 86.8 Å². The molecule has 0 aromatic heterocycles. The fourth-order valence-electron chi connectivity index (χ4n) is 3.94. The van der Waals surface area contributed by atoms with Gasteiger partial charge < -0.3 is 10.2 Å². The Morgan fingerprint density at radius 2 is 1.63 bits per heavy atom. The van der Waals surface area contributed by atoms with Gasteiger partial charge in [-0.05, 0) is 30.7 Å². The van der Waals surface area contributed by atoms with Crippen LogP contribution in [0.25, 0.3) is 0 Å². The molecule has 0 aliphatic carbocycles. The van der Waals surface area contributed by atoms with Gasteiger partial charge in [-0.3, -0.25) is 13.9 Å². The second-order valence-corrected chi connectivity index (χ2v) is 11.2. The summed E-state index contributed by atoms with van der Waals surface area (Å²) < 4.78 is 41.1. The molecular formula is C27H28Cl2FN3O4S. The third kappa shape index (κ3) is 7.46. The number of carbonyl (C=O) groups excluding carboxylic acids is 2. The molecule has 3 aromatic rings. The fourth-order valence-corrected chi connectivity index (χ4v) is 5.24. The van der Waals surface area contributed by atoms with E-state index in [1.807, 2.05) is 18.2 Å². The quantitative estimate of drug-likeness (QED) is 0.357. The molecule has 38 heavy (non-hydrogen) atoms. The third-order valence-corrected chi connectivity index (χ3v) is 7.74. The molecule has 1 unspecified atom stereocenters. The average Bonchev–Trinajstić information content (AvgIpc) is 2.87. The molecule has 3 rings (SSSR count). The number of hydrogen-bond donors (Lipinski definition) is 1. The van der Waals surface area contributed by atoms with Crippen molar-refractivity contribution in [3.63, 3.8) is 0 Å². The number of sulfonamides is 1. The van der Waals surface area contributed by atoms with Gasteiger partial charge in [-0.2, -0.15) is 0 Å². The lowest BCUT2D eigenvalue weighted by Crippen LogP contribution is -2.53. The zero-order chi connectivity index (χ0) is 27.9. The van der Waals surface area contributed by atoms with E-state index in [1.54, 1.807) is 25.1 Å². The second kappa shape index (κ2) is 13.1. The maximum absolute atomic E-state index is 14.7. The molecule has 1 atom stereocenters. The van der Waals surface area contributed by atoms with Crippen LogP contribution >= 0.6 is 23.2 Å². The Morgan fingerprint density at radius 1 is 0.974 bits per heavy atom. The van der Waals surface area contributed by atoms with Gasteiger partial charge in [-0.1, -0.05) is 77.8 Å². The van der Waals surface area contributed by atoms with E-state index in [4.69, 9.17) is 23.2 Å². The standard InChI is InChI=1S/C27H28Cl2FN3O4S/c1-3-31-27(35)24(16-19-10-5-4-6-11-19)32(17-20-12-7-8-14-22(20)30)25(34)18-33(38(2,36)37)23-15-9-13-21(28)26(23)29/h4-15,24H,3,16-18H2,1-2H3,(H,31,35). The first-order valence-electron chi connectivity index (χ1n) is 11.8. The first kappa shape index (κ1) is 29.4. The maximum Gasteiger partial charge on any atom is 0.244 e. The van der Waals surface area contributed by atoms with Crippen LogP contribution in [0, 0.1) is 5.82 Å². The van der Waals surface area contributed by atoms with Crippen LogP contribution in [0.3, 0.4) is 0 Å². The van der Waals surface area contributed by atoms with Crippen LogP contribution < -0.4 is 9.62 Å². The Hall–Kier alpha value is -3.14. The number of likely N-dealkylation sites (N-methyl/N-ethyl adjacent to an activating group) is 1. The highest BCUT2D eigenvalue weighted by molar-refractivity contribution is 7.92. The number of halogens is 3. The molecule has 0 saturated heterocycles. The zero-order valence-electron chi connectivity index (χ0n) is 20.9. The number of nitrogens with zero attached hydrogens (tertiary/aromatic N) is 2. The van der Waals surface area contributed by atoms with Gasteiger partial charge >= 0.3 is 0 Å². The molecule has 202 valence electrons. The SMILES string of the molecule is CCNC(=O)C(Cc1ccccc1)N(Cc1ccccc1F)C(=O)CN(c1cccc(Cl)c1Cl)S(C)(=O)=O. The molecule has 0 aliphatic rings. The van der Waals surface area contributed by atoms with Gasteiger partial charge in [0.25, 0.3) is 0 Å². The van der Waals surface area contributed by atoms with Crippen LogP contribution in [0.5, 0.6) is 0 Å². The molecule has 7 nitrogen and oxygen atoms in total. The van der Waals surface area contributed by atoms with Gasteiger partial charge in [-0.25, -0.2) is 12.8 Å². The smallest absolute Gasteiger partial charge is 0.244 e. The minimum atomic E-state index is -4.01. The molecule has 2 amide bonds. The Kier molecular flexibility index (Phi) is 10.1. The molecule has 0 radical (unpaired) electrons. The van der Waals surface area contributed by atoms with Crippen LogP contribution in [0.2, 0.25) is 10.0 Å². The van der Waals surface area contributed by atoms with Crippen molar-refractivity contribution in [2.24, 2.45) is 0 Å². The van der Waals surface area contributed by atoms with E-state index in [0.717, 1.165) is 16.1 Å². The van der Waals surface area contributed by atoms with Crippen molar-refractivity contribution in [2.75, 3.05) is 23.7 Å². The second-order valence-electron chi connectivity index (χ2n) is 8.56. The highest BCUT2D eigenvalue weighted by Gasteiger charge is 2.33. The molecule has 3 aromatic carbocycles. The molecule has 0 fully saturated rings. The third-order valence-electron chi connectivity index (χ3n) is 5.80. The molecule has 1 N–H and O–H groups in total. The minimum Gasteiger partial charge on any atom is -0.355 e. The highest BCUT2D eigenvalue weighted by Crippen LogP contribution is 2.34. The van der Waals surface area contributed by atoms with Gasteiger partial charge in [0, 0.05) is 25.1 Å². The Labute approximate surface area is 232 Å². The van der Waals surface area contributed by atoms with Crippen molar-refractivity contribution in [3.05, 3.63) is 99.8 Å². The van der Waals surface area contributed by atoms with Crippen LogP contribution in [0.1, 0.15) is 18.1 Å². The Balaban J connectivity index is 2.08. The van der Waals surface area contributed by atoms with Crippen molar-refractivity contribution in [3.8, 4) is 0 Å². The predicted octanol–water partition coefficient (Wildman–Crippen LogP) is 4.67. The first-order valence-corrected chi connectivity index (χ1v) is 14.4. The Morgan fingerprint density at radius 3 is 2.26 bits per heavy atom. The summed E-state index contributed by atoms with van der Waals surface area (Å²) in [4.78, 5) is 28.3. The van der Waals surface area contributed by atoms with Gasteiger partial charge in [0.2, 0.25) is 21.8 Å².